The smallest absolute Gasteiger partial charge is 0.146 e. The van der Waals surface area contributed by atoms with Crippen LogP contribution in [0.25, 0.3) is 82.2 Å². The summed E-state index contributed by atoms with van der Waals surface area (Å²) in [5, 5.41) is 8.64. The van der Waals surface area contributed by atoms with Gasteiger partial charge in [0.1, 0.15) is 5.65 Å². The minimum atomic E-state index is 0.109. The molecular formula is C48H34N2. The van der Waals surface area contributed by atoms with Crippen LogP contribution in [0, 0.1) is 5.92 Å². The zero-order valence-electron chi connectivity index (χ0n) is 28.1. The van der Waals surface area contributed by atoms with E-state index in [9.17, 15) is 0 Å². The van der Waals surface area contributed by atoms with E-state index >= 15 is 0 Å². The van der Waals surface area contributed by atoms with Crippen LogP contribution in [0.2, 0.25) is 0 Å². The molecule has 0 saturated heterocycles. The molecule has 0 radical (unpaired) electrons. The van der Waals surface area contributed by atoms with E-state index in [2.05, 4.69) is 176 Å². The largest absolute Gasteiger partial charge is 0.292 e. The molecule has 0 bridgehead atoms. The van der Waals surface area contributed by atoms with E-state index < -0.39 is 0 Å². The molecule has 9 aromatic rings. The maximum Gasteiger partial charge on any atom is 0.146 e. The van der Waals surface area contributed by atoms with Crippen LogP contribution < -0.4 is 0 Å². The van der Waals surface area contributed by atoms with Crippen LogP contribution in [-0.2, 0) is 5.41 Å². The Bertz CT molecular complexity index is 2970. The Morgan fingerprint density at radius 3 is 1.94 bits per heavy atom. The van der Waals surface area contributed by atoms with Crippen molar-refractivity contribution in [3.8, 4) is 22.3 Å². The SMILES string of the molecule is CC1(C)c2cc(-c3ccc4cc(-c5ccc6c7cc8ccccc8cc7c7nc8ccccc8n7c6c5)ccc4c3)ccc2C2C=CC=CC21. The number of aromatic nitrogens is 2. The zero-order valence-corrected chi connectivity index (χ0v) is 28.1. The lowest BCUT2D eigenvalue weighted by Crippen LogP contribution is -2.24. The van der Waals surface area contributed by atoms with Gasteiger partial charge in [0.05, 0.1) is 16.6 Å². The van der Waals surface area contributed by atoms with Crippen molar-refractivity contribution in [3.63, 3.8) is 0 Å². The second kappa shape index (κ2) is 10.0. The summed E-state index contributed by atoms with van der Waals surface area (Å²) >= 11 is 0. The van der Waals surface area contributed by atoms with Gasteiger partial charge in [-0.1, -0.05) is 129 Å². The van der Waals surface area contributed by atoms with Crippen molar-refractivity contribution in [2.45, 2.75) is 25.2 Å². The van der Waals surface area contributed by atoms with Gasteiger partial charge in [-0.15, -0.1) is 0 Å². The number of nitrogens with zero attached hydrogens (tertiary/aromatic N) is 2. The maximum atomic E-state index is 5.18. The summed E-state index contributed by atoms with van der Waals surface area (Å²) in [7, 11) is 0. The zero-order chi connectivity index (χ0) is 33.1. The van der Waals surface area contributed by atoms with Crippen molar-refractivity contribution in [3.05, 3.63) is 169 Å². The first-order valence-electron chi connectivity index (χ1n) is 17.7. The van der Waals surface area contributed by atoms with E-state index in [1.54, 1.807) is 0 Å². The Morgan fingerprint density at radius 2 is 1.14 bits per heavy atom. The fourth-order valence-electron chi connectivity index (χ4n) is 9.19. The van der Waals surface area contributed by atoms with Gasteiger partial charge in [-0.2, -0.15) is 0 Å². The molecule has 0 N–H and O–H groups in total. The van der Waals surface area contributed by atoms with Gasteiger partial charge in [-0.3, -0.25) is 4.40 Å². The Labute approximate surface area is 290 Å². The first kappa shape index (κ1) is 27.9. The van der Waals surface area contributed by atoms with Gasteiger partial charge < -0.3 is 0 Å². The Morgan fingerprint density at radius 1 is 0.520 bits per heavy atom. The molecule has 0 fully saturated rings. The van der Waals surface area contributed by atoms with E-state index in [-0.39, 0.29) is 5.41 Å². The van der Waals surface area contributed by atoms with Crippen LogP contribution in [0.15, 0.2) is 158 Å². The minimum absolute atomic E-state index is 0.109. The van der Waals surface area contributed by atoms with Gasteiger partial charge in [0, 0.05) is 16.7 Å². The Hall–Kier alpha value is -5.99. The number of para-hydroxylation sites is 2. The van der Waals surface area contributed by atoms with Gasteiger partial charge >= 0.3 is 0 Å². The highest BCUT2D eigenvalue weighted by atomic mass is 15.0. The fraction of sp³-hybridized carbons (Fsp3) is 0.104. The topological polar surface area (TPSA) is 17.3 Å². The molecule has 0 amide bonds. The molecule has 2 heterocycles. The molecule has 2 aliphatic rings. The third-order valence-corrected chi connectivity index (χ3v) is 11.8. The number of imidazole rings is 1. The Balaban J connectivity index is 1.04. The summed E-state index contributed by atoms with van der Waals surface area (Å²) in [5.41, 5.74) is 12.4. The monoisotopic (exact) mass is 638 g/mol. The number of pyridine rings is 1. The molecule has 2 heteroatoms. The molecule has 2 nitrogen and oxygen atoms in total. The van der Waals surface area contributed by atoms with E-state index in [0.717, 1.165) is 16.7 Å². The normalized spacial score (nSPS) is 17.8. The first-order chi connectivity index (χ1) is 24.5. The second-order valence-electron chi connectivity index (χ2n) is 14.9. The summed E-state index contributed by atoms with van der Waals surface area (Å²) in [6, 6.07) is 49.7. The highest BCUT2D eigenvalue weighted by molar-refractivity contribution is 6.18. The van der Waals surface area contributed by atoms with Gasteiger partial charge in [0.25, 0.3) is 0 Å². The molecule has 2 aliphatic carbocycles. The van der Waals surface area contributed by atoms with Gasteiger partial charge in [0.2, 0.25) is 0 Å². The number of rotatable bonds is 2. The average Bonchev–Trinajstić information content (AvgIpc) is 3.66. The van der Waals surface area contributed by atoms with Crippen molar-refractivity contribution in [2.24, 2.45) is 5.92 Å². The van der Waals surface area contributed by atoms with Gasteiger partial charge in [-0.25, -0.2) is 4.98 Å². The van der Waals surface area contributed by atoms with Crippen molar-refractivity contribution in [1.82, 2.24) is 9.38 Å². The van der Waals surface area contributed by atoms with E-state index in [0.29, 0.717) is 11.8 Å². The molecule has 2 unspecified atom stereocenters. The van der Waals surface area contributed by atoms with Crippen LogP contribution in [0.4, 0.5) is 0 Å². The molecule has 0 saturated carbocycles. The maximum absolute atomic E-state index is 5.18. The van der Waals surface area contributed by atoms with E-state index in [1.807, 2.05) is 0 Å². The van der Waals surface area contributed by atoms with Crippen LogP contribution in [0.3, 0.4) is 0 Å². The van der Waals surface area contributed by atoms with Crippen molar-refractivity contribution in [1.29, 1.82) is 0 Å². The molecule has 2 aromatic heterocycles. The summed E-state index contributed by atoms with van der Waals surface area (Å²) in [6.45, 7) is 4.81. The molecule has 11 rings (SSSR count). The quantitative estimate of drug-likeness (QED) is 0.136. The fourth-order valence-corrected chi connectivity index (χ4v) is 9.19. The predicted octanol–water partition coefficient (Wildman–Crippen LogP) is 12.6. The molecule has 2 atom stereocenters. The highest BCUT2D eigenvalue weighted by Gasteiger charge is 2.44. The number of allylic oxidation sites excluding steroid dienone is 4. The second-order valence-corrected chi connectivity index (χ2v) is 14.9. The summed E-state index contributed by atoms with van der Waals surface area (Å²) in [5.74, 6) is 0.997. The summed E-state index contributed by atoms with van der Waals surface area (Å²) in [4.78, 5) is 5.18. The number of fused-ring (bicyclic) bond motifs is 13. The van der Waals surface area contributed by atoms with Gasteiger partial charge in [0.15, 0.2) is 0 Å². The van der Waals surface area contributed by atoms with Crippen molar-refractivity contribution in [2.75, 3.05) is 0 Å². The van der Waals surface area contributed by atoms with Crippen LogP contribution >= 0.6 is 0 Å². The third kappa shape index (κ3) is 3.88. The first-order valence-corrected chi connectivity index (χ1v) is 17.7. The van der Waals surface area contributed by atoms with Crippen molar-refractivity contribution >= 4 is 59.9 Å². The van der Waals surface area contributed by atoms with Crippen LogP contribution in [0.5, 0.6) is 0 Å². The summed E-state index contributed by atoms with van der Waals surface area (Å²) in [6.07, 6.45) is 9.21. The number of hydrogen-bond acceptors (Lipinski definition) is 1. The molecular weight excluding hydrogens is 605 g/mol. The van der Waals surface area contributed by atoms with E-state index in [4.69, 9.17) is 4.98 Å². The lowest BCUT2D eigenvalue weighted by Gasteiger charge is -2.29. The predicted molar refractivity (Wildman–Crippen MR) is 211 cm³/mol. The number of hydrogen-bond donors (Lipinski definition) is 0. The minimum Gasteiger partial charge on any atom is -0.292 e. The molecule has 0 aliphatic heterocycles. The molecule has 7 aromatic carbocycles. The van der Waals surface area contributed by atoms with Gasteiger partial charge in [-0.05, 0) is 114 Å². The molecule has 50 heavy (non-hydrogen) atoms. The highest BCUT2D eigenvalue weighted by Crippen LogP contribution is 2.53. The number of benzene rings is 7. The summed E-state index contributed by atoms with van der Waals surface area (Å²) < 4.78 is 2.36. The van der Waals surface area contributed by atoms with Crippen LogP contribution in [0.1, 0.15) is 30.9 Å². The van der Waals surface area contributed by atoms with E-state index in [1.165, 1.54) is 76.6 Å². The lowest BCUT2D eigenvalue weighted by atomic mass is 9.74. The molecule has 236 valence electrons. The standard InChI is InChI=1S/C48H34N2/c1-48(2)42-12-6-5-11-37(42)38-21-19-35(27-43(38)48)33-17-15-32-24-34(18-16-31(32)23-33)36-20-22-39-40-25-29-9-3-4-10-30(29)26-41(40)47-49-44-13-7-8-14-45(44)50(47)46(39)28-36/h3-28,37,42H,1-2H3. The average molecular weight is 639 g/mol. The van der Waals surface area contributed by atoms with Crippen molar-refractivity contribution < 1.29 is 0 Å². The Kier molecular flexibility index (Phi) is 5.60. The third-order valence-electron chi connectivity index (χ3n) is 11.8. The van der Waals surface area contributed by atoms with Crippen LogP contribution in [-0.4, -0.2) is 9.38 Å². The lowest BCUT2D eigenvalue weighted by molar-refractivity contribution is 0.394. The molecule has 0 spiro atoms.